The van der Waals surface area contributed by atoms with Crippen LogP contribution in [0.2, 0.25) is 0 Å². The van der Waals surface area contributed by atoms with Crippen molar-refractivity contribution in [2.75, 3.05) is 77.1 Å². The number of aromatic nitrogens is 2. The molecule has 0 spiro atoms. The number of carbonyl (C=O) groups is 1. The summed E-state index contributed by atoms with van der Waals surface area (Å²) in [4.78, 5) is 28.1. The van der Waals surface area contributed by atoms with Gasteiger partial charge in [-0.25, -0.2) is 9.97 Å². The molecule has 0 saturated carbocycles. The summed E-state index contributed by atoms with van der Waals surface area (Å²) in [5.74, 6) is 0.871. The van der Waals surface area contributed by atoms with E-state index in [-0.39, 0.29) is 19.1 Å². The van der Waals surface area contributed by atoms with Crippen LogP contribution in [-0.4, -0.2) is 97.3 Å². The van der Waals surface area contributed by atoms with Crippen molar-refractivity contribution >= 4 is 17.5 Å². The van der Waals surface area contributed by atoms with Gasteiger partial charge in [-0.3, -0.25) is 9.69 Å². The van der Waals surface area contributed by atoms with Crippen molar-refractivity contribution in [1.82, 2.24) is 25.1 Å². The maximum Gasteiger partial charge on any atom is 0.251 e. The second-order valence-corrected chi connectivity index (χ2v) is 7.66. The van der Waals surface area contributed by atoms with Crippen LogP contribution in [0, 0.1) is 0 Å². The first kappa shape index (κ1) is 21.9. The van der Waals surface area contributed by atoms with Crippen LogP contribution in [0.3, 0.4) is 0 Å². The zero-order chi connectivity index (χ0) is 21.5. The minimum Gasteiger partial charge on any atom is -0.395 e. The Morgan fingerprint density at radius 3 is 2.73 bits per heavy atom. The van der Waals surface area contributed by atoms with Gasteiger partial charge in [0.05, 0.1) is 18.5 Å². The largest absolute Gasteiger partial charge is 0.395 e. The number of nitrogens with two attached hydrogens (primary N) is 1. The predicted octanol–water partition coefficient (Wildman–Crippen LogP) is 0.132. The molecule has 0 radical (unpaired) electrons. The molecule has 30 heavy (non-hydrogen) atoms. The van der Waals surface area contributed by atoms with Crippen LogP contribution in [0.1, 0.15) is 10.4 Å². The third-order valence-corrected chi connectivity index (χ3v) is 5.13. The van der Waals surface area contributed by atoms with E-state index in [9.17, 15) is 4.79 Å². The number of amides is 1. The van der Waals surface area contributed by atoms with Gasteiger partial charge in [0.15, 0.2) is 11.6 Å². The molecule has 1 aliphatic heterocycles. The summed E-state index contributed by atoms with van der Waals surface area (Å²) in [5.41, 5.74) is 8.12. The van der Waals surface area contributed by atoms with Crippen LogP contribution in [-0.2, 0) is 0 Å². The fourth-order valence-corrected chi connectivity index (χ4v) is 3.38. The van der Waals surface area contributed by atoms with Crippen LogP contribution in [0.5, 0.6) is 0 Å². The number of likely N-dealkylation sites (N-methyl/N-ethyl adjacent to an activating group) is 1. The van der Waals surface area contributed by atoms with Crippen LogP contribution >= 0.6 is 0 Å². The maximum atomic E-state index is 12.2. The molecule has 0 atom stereocenters. The summed E-state index contributed by atoms with van der Waals surface area (Å²) in [5, 5.41) is 11.6. The van der Waals surface area contributed by atoms with E-state index in [0.29, 0.717) is 22.9 Å². The summed E-state index contributed by atoms with van der Waals surface area (Å²) in [7, 11) is 4.17. The van der Waals surface area contributed by atoms with E-state index in [1.165, 1.54) is 0 Å². The molecule has 0 bridgehead atoms. The minimum atomic E-state index is -0.233. The quantitative estimate of drug-likeness (QED) is 0.560. The summed E-state index contributed by atoms with van der Waals surface area (Å²) in [6, 6.07) is 7.21. The number of aliphatic hydroxyl groups is 1. The molecule has 0 aliphatic carbocycles. The zero-order valence-corrected chi connectivity index (χ0v) is 17.7. The number of carbonyl (C=O) groups excluding carboxylic acids is 1. The average Bonchev–Trinajstić information content (AvgIpc) is 2.77. The van der Waals surface area contributed by atoms with Crippen molar-refractivity contribution in [3.8, 4) is 11.3 Å². The molecular weight excluding hydrogens is 382 g/mol. The first-order valence-electron chi connectivity index (χ1n) is 10.2. The Labute approximate surface area is 177 Å². The van der Waals surface area contributed by atoms with Gasteiger partial charge >= 0.3 is 0 Å². The van der Waals surface area contributed by atoms with Crippen molar-refractivity contribution in [1.29, 1.82) is 0 Å². The lowest BCUT2D eigenvalue weighted by Gasteiger charge is -2.36. The van der Waals surface area contributed by atoms with Gasteiger partial charge < -0.3 is 26.0 Å². The van der Waals surface area contributed by atoms with E-state index in [1.807, 2.05) is 12.1 Å². The fraction of sp³-hybridized carbons (Fsp3) is 0.476. The maximum absolute atomic E-state index is 12.2. The number of piperazine rings is 1. The number of hydrogen-bond donors (Lipinski definition) is 3. The predicted molar refractivity (Wildman–Crippen MR) is 119 cm³/mol. The molecule has 3 rings (SSSR count). The summed E-state index contributed by atoms with van der Waals surface area (Å²) in [6.07, 6.45) is 1.64. The van der Waals surface area contributed by atoms with E-state index in [2.05, 4.69) is 39.1 Å². The molecule has 2 heterocycles. The number of aliphatic hydroxyl groups excluding tert-OH is 1. The van der Waals surface area contributed by atoms with E-state index in [4.69, 9.17) is 15.8 Å². The molecule has 9 heteroatoms. The van der Waals surface area contributed by atoms with Gasteiger partial charge in [-0.15, -0.1) is 0 Å². The van der Waals surface area contributed by atoms with Crippen LogP contribution in [0.15, 0.2) is 30.5 Å². The van der Waals surface area contributed by atoms with Gasteiger partial charge in [0.1, 0.15) is 0 Å². The Kier molecular flexibility index (Phi) is 7.56. The Hall–Kier alpha value is -2.75. The first-order valence-corrected chi connectivity index (χ1v) is 10.2. The number of benzene rings is 1. The molecular formula is C21H31N7O2. The van der Waals surface area contributed by atoms with Crippen LogP contribution in [0.4, 0.5) is 11.6 Å². The number of nitrogen functional groups attached to an aromatic ring is 1. The molecule has 1 aromatic carbocycles. The second kappa shape index (κ2) is 10.3. The number of anilines is 2. The lowest BCUT2D eigenvalue weighted by atomic mass is 10.1. The number of nitrogens with one attached hydrogen (secondary N) is 1. The number of rotatable bonds is 8. The minimum absolute atomic E-state index is 0.0966. The molecule has 0 unspecified atom stereocenters. The van der Waals surface area contributed by atoms with Gasteiger partial charge in [-0.05, 0) is 26.2 Å². The Morgan fingerprint density at radius 2 is 2.03 bits per heavy atom. The zero-order valence-electron chi connectivity index (χ0n) is 17.7. The van der Waals surface area contributed by atoms with E-state index >= 15 is 0 Å². The third-order valence-electron chi connectivity index (χ3n) is 5.13. The van der Waals surface area contributed by atoms with Gasteiger partial charge in [0.25, 0.3) is 5.91 Å². The Balaban J connectivity index is 1.72. The lowest BCUT2D eigenvalue weighted by Crippen LogP contribution is -2.48. The molecule has 4 N–H and O–H groups in total. The summed E-state index contributed by atoms with van der Waals surface area (Å²) < 4.78 is 0. The summed E-state index contributed by atoms with van der Waals surface area (Å²) in [6.45, 7) is 5.82. The number of nitrogens with zero attached hydrogens (tertiary/aromatic N) is 5. The highest BCUT2D eigenvalue weighted by molar-refractivity contribution is 5.95. The Bertz CT molecular complexity index is 851. The van der Waals surface area contributed by atoms with Gasteiger partial charge in [-0.2, -0.15) is 0 Å². The average molecular weight is 414 g/mol. The first-order chi connectivity index (χ1) is 14.5. The van der Waals surface area contributed by atoms with Gasteiger partial charge in [0, 0.05) is 56.9 Å². The smallest absolute Gasteiger partial charge is 0.251 e. The van der Waals surface area contributed by atoms with E-state index in [0.717, 1.165) is 44.8 Å². The van der Waals surface area contributed by atoms with Crippen LogP contribution < -0.4 is 16.0 Å². The number of hydrogen-bond acceptors (Lipinski definition) is 8. The van der Waals surface area contributed by atoms with Crippen molar-refractivity contribution in [3.05, 3.63) is 36.0 Å². The van der Waals surface area contributed by atoms with Gasteiger partial charge in [-0.1, -0.05) is 12.1 Å². The van der Waals surface area contributed by atoms with Crippen molar-refractivity contribution in [2.45, 2.75) is 0 Å². The fourth-order valence-electron chi connectivity index (χ4n) is 3.38. The standard InChI is InChI=1S/C21H31N7O2/c1-26(2)7-8-27-9-11-28(12-10-27)20-19(22)24-15-18(25-20)16-4-3-5-17(14-16)21(30)23-6-13-29/h3-5,14-15,29H,6-13H2,1-2H3,(H2,22,24)(H,23,30). The highest BCUT2D eigenvalue weighted by Crippen LogP contribution is 2.25. The van der Waals surface area contributed by atoms with Crippen LogP contribution in [0.25, 0.3) is 11.3 Å². The van der Waals surface area contributed by atoms with Gasteiger partial charge in [0.2, 0.25) is 0 Å². The molecule has 1 aromatic heterocycles. The third kappa shape index (κ3) is 5.65. The molecule has 1 saturated heterocycles. The molecule has 1 fully saturated rings. The Morgan fingerprint density at radius 1 is 1.27 bits per heavy atom. The normalized spacial score (nSPS) is 14.9. The SMILES string of the molecule is CN(C)CCN1CCN(c2nc(-c3cccc(C(=O)NCCO)c3)cnc2N)CC1. The van der Waals surface area contributed by atoms with E-state index < -0.39 is 0 Å². The van der Waals surface area contributed by atoms with Crippen molar-refractivity contribution < 1.29 is 9.90 Å². The molecule has 9 nitrogen and oxygen atoms in total. The van der Waals surface area contributed by atoms with Crippen molar-refractivity contribution in [2.24, 2.45) is 0 Å². The highest BCUT2D eigenvalue weighted by atomic mass is 16.3. The van der Waals surface area contributed by atoms with Crippen molar-refractivity contribution in [3.63, 3.8) is 0 Å². The molecule has 1 aliphatic rings. The molecule has 162 valence electrons. The van der Waals surface area contributed by atoms with E-state index in [1.54, 1.807) is 18.3 Å². The lowest BCUT2D eigenvalue weighted by molar-refractivity contribution is 0.0945. The highest BCUT2D eigenvalue weighted by Gasteiger charge is 2.21. The summed E-state index contributed by atoms with van der Waals surface area (Å²) >= 11 is 0. The monoisotopic (exact) mass is 413 g/mol. The second-order valence-electron chi connectivity index (χ2n) is 7.66. The molecule has 1 amide bonds. The topological polar surface area (TPSA) is 111 Å². The molecule has 2 aromatic rings.